The number of aromatic nitrogens is 2. The number of aromatic carboxylic acids is 1. The van der Waals surface area contributed by atoms with Crippen molar-refractivity contribution in [3.63, 3.8) is 0 Å². The molecule has 1 heterocycles. The van der Waals surface area contributed by atoms with E-state index in [0.717, 1.165) is 11.3 Å². The van der Waals surface area contributed by atoms with Gasteiger partial charge in [-0.25, -0.2) is 9.78 Å². The molecule has 0 aliphatic rings. The fourth-order valence-corrected chi connectivity index (χ4v) is 2.09. The van der Waals surface area contributed by atoms with Crippen LogP contribution in [0.2, 0.25) is 0 Å². The second-order valence-corrected chi connectivity index (χ2v) is 4.24. The number of rotatable bonds is 6. The molecule has 6 nitrogen and oxygen atoms in total. The molecule has 1 aromatic carbocycles. The molecule has 0 fully saturated rings. The quantitative estimate of drug-likeness (QED) is 0.712. The zero-order valence-corrected chi connectivity index (χ0v) is 10.4. The van der Waals surface area contributed by atoms with Crippen LogP contribution in [0.3, 0.4) is 0 Å². The maximum absolute atomic E-state index is 10.9. The highest BCUT2D eigenvalue weighted by atomic mass is 16.4. The number of carboxylic acids is 1. The van der Waals surface area contributed by atoms with Gasteiger partial charge in [-0.15, -0.1) is 0 Å². The molecule has 0 spiro atoms. The van der Waals surface area contributed by atoms with Gasteiger partial charge >= 0.3 is 5.97 Å². The summed E-state index contributed by atoms with van der Waals surface area (Å²) in [4.78, 5) is 15.3. The summed E-state index contributed by atoms with van der Waals surface area (Å²) in [5, 5.41) is 26.9. The minimum Gasteiger partial charge on any atom is -0.478 e. The van der Waals surface area contributed by atoms with Crippen LogP contribution in [0.15, 0.2) is 18.2 Å². The summed E-state index contributed by atoms with van der Waals surface area (Å²) in [6, 6.07) is 4.74. The van der Waals surface area contributed by atoms with E-state index in [0.29, 0.717) is 24.9 Å². The van der Waals surface area contributed by atoms with E-state index in [1.807, 2.05) is 4.57 Å². The zero-order valence-electron chi connectivity index (χ0n) is 10.4. The van der Waals surface area contributed by atoms with E-state index in [9.17, 15) is 4.79 Å². The summed E-state index contributed by atoms with van der Waals surface area (Å²) >= 11 is 0. The van der Waals surface area contributed by atoms with Gasteiger partial charge in [-0.1, -0.05) is 0 Å². The van der Waals surface area contributed by atoms with Crippen molar-refractivity contribution in [3.8, 4) is 0 Å². The van der Waals surface area contributed by atoms with Gasteiger partial charge in [0.2, 0.25) is 0 Å². The van der Waals surface area contributed by atoms with Crippen molar-refractivity contribution in [2.45, 2.75) is 19.4 Å². The predicted octanol–water partition coefficient (Wildman–Crippen LogP) is 0.652. The van der Waals surface area contributed by atoms with E-state index >= 15 is 0 Å². The molecule has 0 unspecified atom stereocenters. The second kappa shape index (κ2) is 5.81. The number of imidazole rings is 1. The van der Waals surface area contributed by atoms with Crippen molar-refractivity contribution < 1.29 is 20.1 Å². The maximum atomic E-state index is 10.9. The molecule has 0 atom stereocenters. The molecule has 0 radical (unpaired) electrons. The van der Waals surface area contributed by atoms with Crippen LogP contribution >= 0.6 is 0 Å². The van der Waals surface area contributed by atoms with Gasteiger partial charge in [0.15, 0.2) is 0 Å². The van der Waals surface area contributed by atoms with Gasteiger partial charge in [-0.3, -0.25) is 0 Å². The standard InChI is InChI=1S/C13H16N2O4/c16-6-1-2-12-14-10-8-9(13(18)19)3-4-11(10)15(12)5-7-17/h3-4,8,16-17H,1-2,5-7H2,(H,18,19). The molecule has 102 valence electrons. The van der Waals surface area contributed by atoms with Crippen LogP contribution in [0.1, 0.15) is 22.6 Å². The molecular weight excluding hydrogens is 248 g/mol. The molecule has 1 aromatic heterocycles. The van der Waals surface area contributed by atoms with Gasteiger partial charge in [0, 0.05) is 19.6 Å². The monoisotopic (exact) mass is 264 g/mol. The van der Waals surface area contributed by atoms with Crippen LogP contribution < -0.4 is 0 Å². The fourth-order valence-electron chi connectivity index (χ4n) is 2.09. The molecule has 0 aliphatic heterocycles. The molecule has 3 N–H and O–H groups in total. The van der Waals surface area contributed by atoms with Crippen LogP contribution in [0, 0.1) is 0 Å². The van der Waals surface area contributed by atoms with Crippen LogP contribution in [-0.4, -0.2) is 44.1 Å². The Morgan fingerprint density at radius 3 is 2.68 bits per heavy atom. The average Bonchev–Trinajstić information content (AvgIpc) is 2.74. The number of nitrogens with zero attached hydrogens (tertiary/aromatic N) is 2. The van der Waals surface area contributed by atoms with Crippen LogP contribution in [0.4, 0.5) is 0 Å². The lowest BCUT2D eigenvalue weighted by Crippen LogP contribution is -2.07. The Balaban J connectivity index is 2.48. The van der Waals surface area contributed by atoms with Crippen LogP contribution in [0.5, 0.6) is 0 Å². The van der Waals surface area contributed by atoms with Crippen LogP contribution in [0.25, 0.3) is 11.0 Å². The first-order valence-corrected chi connectivity index (χ1v) is 6.11. The molecule has 2 rings (SSSR count). The number of carbonyl (C=O) groups is 1. The molecule has 0 bridgehead atoms. The second-order valence-electron chi connectivity index (χ2n) is 4.24. The third-order valence-corrected chi connectivity index (χ3v) is 2.96. The Morgan fingerprint density at radius 1 is 1.26 bits per heavy atom. The summed E-state index contributed by atoms with van der Waals surface area (Å²) in [5.74, 6) is -0.240. The van der Waals surface area contributed by atoms with E-state index in [4.69, 9.17) is 15.3 Å². The van der Waals surface area contributed by atoms with Gasteiger partial charge in [0.05, 0.1) is 23.2 Å². The number of aryl methyl sites for hydroxylation is 1. The Hall–Kier alpha value is -1.92. The minimum atomic E-state index is -0.990. The van der Waals surface area contributed by atoms with Gasteiger partial charge in [-0.2, -0.15) is 0 Å². The first-order chi connectivity index (χ1) is 9.17. The Labute approximate surface area is 109 Å². The topological polar surface area (TPSA) is 95.6 Å². The Kier molecular flexibility index (Phi) is 4.13. The van der Waals surface area contributed by atoms with Gasteiger partial charge in [-0.05, 0) is 24.6 Å². The third-order valence-electron chi connectivity index (χ3n) is 2.96. The maximum Gasteiger partial charge on any atom is 0.335 e. The summed E-state index contributed by atoms with van der Waals surface area (Å²) in [6.07, 6.45) is 1.17. The lowest BCUT2D eigenvalue weighted by Gasteiger charge is -2.06. The molecule has 0 amide bonds. The average molecular weight is 264 g/mol. The molecular formula is C13H16N2O4. The van der Waals surface area contributed by atoms with Crippen molar-refractivity contribution >= 4 is 17.0 Å². The molecule has 0 aliphatic carbocycles. The van der Waals surface area contributed by atoms with Crippen molar-refractivity contribution in [2.75, 3.05) is 13.2 Å². The van der Waals surface area contributed by atoms with Gasteiger partial charge in [0.25, 0.3) is 0 Å². The first kappa shape index (κ1) is 13.5. The number of carboxylic acid groups (broad SMARTS) is 1. The molecule has 2 aromatic rings. The predicted molar refractivity (Wildman–Crippen MR) is 69.2 cm³/mol. The normalized spacial score (nSPS) is 11.1. The number of benzene rings is 1. The SMILES string of the molecule is O=C(O)c1ccc2c(c1)nc(CCCO)n2CCO. The van der Waals surface area contributed by atoms with E-state index in [2.05, 4.69) is 4.98 Å². The number of hydrogen-bond donors (Lipinski definition) is 3. The highest BCUT2D eigenvalue weighted by molar-refractivity contribution is 5.92. The van der Waals surface area contributed by atoms with Gasteiger partial charge < -0.3 is 19.9 Å². The zero-order chi connectivity index (χ0) is 13.8. The molecule has 0 saturated heterocycles. The lowest BCUT2D eigenvalue weighted by atomic mass is 10.2. The molecule has 6 heteroatoms. The van der Waals surface area contributed by atoms with Crippen LogP contribution in [-0.2, 0) is 13.0 Å². The summed E-state index contributed by atoms with van der Waals surface area (Å²) in [6.45, 7) is 0.463. The van der Waals surface area contributed by atoms with Crippen molar-refractivity contribution in [3.05, 3.63) is 29.6 Å². The summed E-state index contributed by atoms with van der Waals surface area (Å²) in [5.41, 5.74) is 1.59. The highest BCUT2D eigenvalue weighted by Gasteiger charge is 2.12. The highest BCUT2D eigenvalue weighted by Crippen LogP contribution is 2.19. The first-order valence-electron chi connectivity index (χ1n) is 6.11. The smallest absolute Gasteiger partial charge is 0.335 e. The van der Waals surface area contributed by atoms with Crippen molar-refractivity contribution in [2.24, 2.45) is 0 Å². The van der Waals surface area contributed by atoms with E-state index in [1.54, 1.807) is 6.07 Å². The Morgan fingerprint density at radius 2 is 2.05 bits per heavy atom. The Bertz CT molecular complexity index is 592. The van der Waals surface area contributed by atoms with Crippen molar-refractivity contribution in [1.29, 1.82) is 0 Å². The largest absolute Gasteiger partial charge is 0.478 e. The molecule has 19 heavy (non-hydrogen) atoms. The van der Waals surface area contributed by atoms with E-state index in [1.165, 1.54) is 12.1 Å². The van der Waals surface area contributed by atoms with E-state index in [-0.39, 0.29) is 18.8 Å². The fraction of sp³-hybridized carbons (Fsp3) is 0.385. The summed E-state index contributed by atoms with van der Waals surface area (Å²) in [7, 11) is 0. The minimum absolute atomic E-state index is 0.0156. The van der Waals surface area contributed by atoms with E-state index < -0.39 is 5.97 Å². The number of aliphatic hydroxyl groups excluding tert-OH is 2. The number of fused-ring (bicyclic) bond motifs is 1. The third kappa shape index (κ3) is 2.74. The lowest BCUT2D eigenvalue weighted by molar-refractivity contribution is 0.0697. The van der Waals surface area contributed by atoms with Crippen molar-refractivity contribution in [1.82, 2.24) is 9.55 Å². The number of aliphatic hydroxyl groups is 2. The number of hydrogen-bond acceptors (Lipinski definition) is 4. The summed E-state index contributed by atoms with van der Waals surface area (Å²) < 4.78 is 1.86. The molecule has 0 saturated carbocycles. The van der Waals surface area contributed by atoms with Gasteiger partial charge in [0.1, 0.15) is 5.82 Å².